The van der Waals surface area contributed by atoms with Gasteiger partial charge in [0.05, 0.1) is 6.42 Å². The quantitative estimate of drug-likeness (QED) is 0.873. The number of aliphatic carboxylic acids is 1. The average Bonchev–Trinajstić information content (AvgIpc) is 2.86. The summed E-state index contributed by atoms with van der Waals surface area (Å²) in [4.78, 5) is 24.4. The molecule has 2 N–H and O–H groups in total. The number of hydrogen-bond donors (Lipinski definition) is 2. The molecule has 0 aliphatic carbocycles. The number of carbonyl (C=O) groups excluding carboxylic acids is 1. The lowest BCUT2D eigenvalue weighted by atomic mass is 10.1. The second kappa shape index (κ2) is 7.06. The van der Waals surface area contributed by atoms with Crippen molar-refractivity contribution in [2.45, 2.75) is 31.7 Å². The minimum atomic E-state index is -0.889. The number of hydrogen-bond acceptors (Lipinski definition) is 2. The molecule has 2 amide bonds. The molecule has 114 valence electrons. The van der Waals surface area contributed by atoms with E-state index in [1.807, 2.05) is 0 Å². The molecule has 1 saturated heterocycles. The van der Waals surface area contributed by atoms with Crippen LogP contribution in [0.5, 0.6) is 0 Å². The van der Waals surface area contributed by atoms with Crippen LogP contribution in [0.3, 0.4) is 0 Å². The number of nitrogens with zero attached hydrogens (tertiary/aromatic N) is 1. The Labute approximate surface area is 122 Å². The van der Waals surface area contributed by atoms with Gasteiger partial charge in [0, 0.05) is 19.1 Å². The van der Waals surface area contributed by atoms with E-state index in [4.69, 9.17) is 5.11 Å². The molecular weight excluding hydrogens is 275 g/mol. The number of amides is 2. The van der Waals surface area contributed by atoms with Gasteiger partial charge < -0.3 is 15.3 Å². The lowest BCUT2D eigenvalue weighted by molar-refractivity contribution is -0.137. The van der Waals surface area contributed by atoms with Crippen molar-refractivity contribution in [3.63, 3.8) is 0 Å². The summed E-state index contributed by atoms with van der Waals surface area (Å²) in [5.41, 5.74) is 0.818. The maximum absolute atomic E-state index is 13.0. The fourth-order valence-corrected chi connectivity index (χ4v) is 2.62. The predicted octanol–water partition coefficient (Wildman–Crippen LogP) is 2.02. The van der Waals surface area contributed by atoms with Crippen molar-refractivity contribution in [3.05, 3.63) is 35.6 Å². The first-order chi connectivity index (χ1) is 10.1. The van der Waals surface area contributed by atoms with Crippen LogP contribution in [0, 0.1) is 5.82 Å². The van der Waals surface area contributed by atoms with Crippen molar-refractivity contribution >= 4 is 12.0 Å². The van der Waals surface area contributed by atoms with Gasteiger partial charge in [-0.1, -0.05) is 12.1 Å². The van der Waals surface area contributed by atoms with E-state index < -0.39 is 5.97 Å². The van der Waals surface area contributed by atoms with Gasteiger partial charge in [-0.2, -0.15) is 0 Å². The molecule has 5 nitrogen and oxygen atoms in total. The molecule has 1 aromatic carbocycles. The second-order valence-corrected chi connectivity index (χ2v) is 5.20. The number of urea groups is 1. The van der Waals surface area contributed by atoms with Gasteiger partial charge in [0.1, 0.15) is 5.82 Å². The van der Waals surface area contributed by atoms with Gasteiger partial charge >= 0.3 is 12.0 Å². The molecule has 0 bridgehead atoms. The first kappa shape index (κ1) is 15.3. The van der Waals surface area contributed by atoms with Crippen molar-refractivity contribution in [1.29, 1.82) is 0 Å². The molecule has 1 unspecified atom stereocenters. The fourth-order valence-electron chi connectivity index (χ4n) is 2.62. The molecule has 1 fully saturated rings. The van der Waals surface area contributed by atoms with Crippen molar-refractivity contribution in [2.24, 2.45) is 0 Å². The Morgan fingerprint density at radius 2 is 2.24 bits per heavy atom. The van der Waals surface area contributed by atoms with Gasteiger partial charge in [-0.15, -0.1) is 0 Å². The average molecular weight is 294 g/mol. The molecule has 0 radical (unpaired) electrons. The smallest absolute Gasteiger partial charge is 0.317 e. The summed E-state index contributed by atoms with van der Waals surface area (Å²) in [6, 6.07) is 5.79. The monoisotopic (exact) mass is 294 g/mol. The molecule has 1 aromatic rings. The molecule has 21 heavy (non-hydrogen) atoms. The van der Waals surface area contributed by atoms with E-state index >= 15 is 0 Å². The maximum Gasteiger partial charge on any atom is 0.317 e. The zero-order chi connectivity index (χ0) is 15.2. The number of benzene rings is 1. The second-order valence-electron chi connectivity index (χ2n) is 5.20. The van der Waals surface area contributed by atoms with Crippen LogP contribution in [0.2, 0.25) is 0 Å². The molecule has 2 rings (SSSR count). The van der Waals surface area contributed by atoms with Crippen LogP contribution in [0.1, 0.15) is 24.8 Å². The minimum absolute atomic E-state index is 0.0166. The van der Waals surface area contributed by atoms with E-state index in [0.29, 0.717) is 19.5 Å². The van der Waals surface area contributed by atoms with Crippen molar-refractivity contribution in [2.75, 3.05) is 13.1 Å². The van der Waals surface area contributed by atoms with Crippen LogP contribution in [0.25, 0.3) is 0 Å². The number of nitrogens with one attached hydrogen (secondary N) is 1. The van der Waals surface area contributed by atoms with E-state index in [9.17, 15) is 14.0 Å². The van der Waals surface area contributed by atoms with Crippen LogP contribution in [-0.2, 0) is 11.2 Å². The molecule has 1 aliphatic heterocycles. The summed E-state index contributed by atoms with van der Waals surface area (Å²) in [5.74, 6) is -1.18. The number of carboxylic acid groups (broad SMARTS) is 1. The van der Waals surface area contributed by atoms with E-state index in [1.54, 1.807) is 17.0 Å². The lowest BCUT2D eigenvalue weighted by Crippen LogP contribution is -2.44. The molecule has 1 aliphatic rings. The highest BCUT2D eigenvalue weighted by atomic mass is 19.1. The van der Waals surface area contributed by atoms with Gasteiger partial charge in [0.15, 0.2) is 0 Å². The van der Waals surface area contributed by atoms with Gasteiger partial charge in [-0.3, -0.25) is 4.79 Å². The first-order valence-corrected chi connectivity index (χ1v) is 7.07. The number of carboxylic acids is 1. The predicted molar refractivity (Wildman–Crippen MR) is 75.5 cm³/mol. The van der Waals surface area contributed by atoms with E-state index in [-0.39, 0.29) is 24.3 Å². The zero-order valence-corrected chi connectivity index (χ0v) is 11.7. The first-order valence-electron chi connectivity index (χ1n) is 7.07. The van der Waals surface area contributed by atoms with Crippen molar-refractivity contribution in [1.82, 2.24) is 10.2 Å². The van der Waals surface area contributed by atoms with E-state index in [2.05, 4.69) is 5.32 Å². The number of rotatable bonds is 5. The SMILES string of the molecule is O=C(O)CC1CCCN1C(=O)NCCc1cccc(F)c1. The van der Waals surface area contributed by atoms with Gasteiger partial charge in [0.25, 0.3) is 0 Å². The Hall–Kier alpha value is -2.11. The Morgan fingerprint density at radius 1 is 1.43 bits per heavy atom. The third-order valence-electron chi connectivity index (χ3n) is 3.63. The van der Waals surface area contributed by atoms with Crippen LogP contribution in [-0.4, -0.2) is 41.1 Å². The van der Waals surface area contributed by atoms with Crippen LogP contribution in [0.4, 0.5) is 9.18 Å². The number of likely N-dealkylation sites (tertiary alicyclic amines) is 1. The molecular formula is C15H19FN2O3. The van der Waals surface area contributed by atoms with E-state index in [1.165, 1.54) is 12.1 Å². The van der Waals surface area contributed by atoms with Gasteiger partial charge in [-0.05, 0) is 37.0 Å². The number of carbonyl (C=O) groups is 2. The largest absolute Gasteiger partial charge is 0.481 e. The van der Waals surface area contributed by atoms with Gasteiger partial charge in [-0.25, -0.2) is 9.18 Å². The Balaban J connectivity index is 1.80. The summed E-state index contributed by atoms with van der Waals surface area (Å²) in [6.45, 7) is 0.988. The highest BCUT2D eigenvalue weighted by Gasteiger charge is 2.30. The summed E-state index contributed by atoms with van der Waals surface area (Å²) in [5, 5.41) is 11.6. The third kappa shape index (κ3) is 4.44. The highest BCUT2D eigenvalue weighted by Crippen LogP contribution is 2.20. The van der Waals surface area contributed by atoms with Gasteiger partial charge in [0.2, 0.25) is 0 Å². The Morgan fingerprint density at radius 3 is 2.95 bits per heavy atom. The molecule has 1 atom stereocenters. The van der Waals surface area contributed by atoms with Crippen LogP contribution in [0.15, 0.2) is 24.3 Å². The Bertz CT molecular complexity index is 521. The van der Waals surface area contributed by atoms with Crippen LogP contribution >= 0.6 is 0 Å². The third-order valence-corrected chi connectivity index (χ3v) is 3.63. The van der Waals surface area contributed by atoms with Crippen molar-refractivity contribution in [3.8, 4) is 0 Å². The fraction of sp³-hybridized carbons (Fsp3) is 0.467. The van der Waals surface area contributed by atoms with Crippen molar-refractivity contribution < 1.29 is 19.1 Å². The molecule has 6 heteroatoms. The minimum Gasteiger partial charge on any atom is -0.481 e. The Kier molecular flexibility index (Phi) is 5.14. The summed E-state index contributed by atoms with van der Waals surface area (Å²) < 4.78 is 13.0. The summed E-state index contributed by atoms with van der Waals surface area (Å²) in [7, 11) is 0. The summed E-state index contributed by atoms with van der Waals surface area (Å²) in [6.07, 6.45) is 2.08. The highest BCUT2D eigenvalue weighted by molar-refractivity contribution is 5.76. The topological polar surface area (TPSA) is 69.6 Å². The molecule has 0 aromatic heterocycles. The molecule has 1 heterocycles. The lowest BCUT2D eigenvalue weighted by Gasteiger charge is -2.23. The zero-order valence-electron chi connectivity index (χ0n) is 11.7. The summed E-state index contributed by atoms with van der Waals surface area (Å²) >= 11 is 0. The normalized spacial score (nSPS) is 17.8. The van der Waals surface area contributed by atoms with E-state index in [0.717, 1.165) is 18.4 Å². The maximum atomic E-state index is 13.0. The number of halogens is 1. The molecule has 0 saturated carbocycles. The standard InChI is InChI=1S/C15H19FN2O3/c16-12-4-1-3-11(9-12)6-7-17-15(21)18-8-2-5-13(18)10-14(19)20/h1,3-4,9,13H,2,5-8,10H2,(H,17,21)(H,19,20). The van der Waals surface area contributed by atoms with Crippen LogP contribution < -0.4 is 5.32 Å². The molecule has 0 spiro atoms.